The summed E-state index contributed by atoms with van der Waals surface area (Å²) in [7, 11) is 0. The maximum atomic E-state index is 5.30. The first-order valence-corrected chi connectivity index (χ1v) is 21.0. The van der Waals surface area contributed by atoms with Gasteiger partial charge in [-0.1, -0.05) is 164 Å². The first-order valence-electron chi connectivity index (χ1n) is 21.0. The highest BCUT2D eigenvalue weighted by molar-refractivity contribution is 6.25. The molecule has 288 valence electrons. The van der Waals surface area contributed by atoms with Crippen LogP contribution in [0.4, 0.5) is 0 Å². The molecule has 0 spiro atoms. The van der Waals surface area contributed by atoms with E-state index in [2.05, 4.69) is 203 Å². The smallest absolute Gasteiger partial charge is 0.164 e. The minimum Gasteiger partial charge on any atom is -0.309 e. The topological polar surface area (TPSA) is 48.5 Å². The Morgan fingerprint density at radius 1 is 0.290 bits per heavy atom. The van der Waals surface area contributed by atoms with Crippen molar-refractivity contribution in [3.63, 3.8) is 0 Å². The number of rotatable bonds is 5. The van der Waals surface area contributed by atoms with Gasteiger partial charge in [0.05, 0.1) is 27.8 Å². The van der Waals surface area contributed by atoms with Gasteiger partial charge in [0.2, 0.25) is 0 Å². The standard InChI is InChI=1S/C57H35N5/c1-3-18-38(19-4-1)55-58-56(60-57(59-55)46-28-15-21-36-16-7-10-24-42(36)46)40-32-39-20-9-11-25-43(39)51(33-40)62-49-29-14-13-27-45(49)47-34-48-53(35-52(47)62)61(41-22-5-2-6-23-41)50-31-30-37-17-8-12-26-44(37)54(48)50/h1-35H. The van der Waals surface area contributed by atoms with Crippen molar-refractivity contribution in [1.82, 2.24) is 24.1 Å². The summed E-state index contributed by atoms with van der Waals surface area (Å²) in [5.74, 6) is 1.89. The van der Waals surface area contributed by atoms with Crippen LogP contribution in [0.25, 0.3) is 121 Å². The molecule has 3 heterocycles. The SMILES string of the molecule is c1ccc(-c2nc(-c3cc(-n4c5ccccc5c5cc6c7c8ccccc8ccc7n(-c7ccccc7)c6cc54)c4ccccc4c3)nc(-c3cccc4ccccc34)n2)cc1. The van der Waals surface area contributed by atoms with Crippen LogP contribution in [0.2, 0.25) is 0 Å². The summed E-state index contributed by atoms with van der Waals surface area (Å²) in [5, 5.41) is 11.9. The first-order chi connectivity index (χ1) is 30.7. The molecule has 0 saturated carbocycles. The zero-order valence-corrected chi connectivity index (χ0v) is 33.4. The van der Waals surface area contributed by atoms with Gasteiger partial charge in [0, 0.05) is 49.3 Å². The largest absolute Gasteiger partial charge is 0.309 e. The van der Waals surface area contributed by atoms with Gasteiger partial charge in [-0.25, -0.2) is 15.0 Å². The minimum absolute atomic E-state index is 0.619. The van der Waals surface area contributed by atoms with E-state index < -0.39 is 0 Å². The van der Waals surface area contributed by atoms with Gasteiger partial charge >= 0.3 is 0 Å². The summed E-state index contributed by atoms with van der Waals surface area (Å²) < 4.78 is 4.88. The van der Waals surface area contributed by atoms with E-state index in [4.69, 9.17) is 15.0 Å². The Hall–Kier alpha value is -8.41. The molecule has 0 atom stereocenters. The van der Waals surface area contributed by atoms with Crippen LogP contribution >= 0.6 is 0 Å². The predicted octanol–water partition coefficient (Wildman–Crippen LogP) is 14.5. The Labute approximate surface area is 356 Å². The van der Waals surface area contributed by atoms with E-state index in [-0.39, 0.29) is 0 Å². The molecule has 0 unspecified atom stereocenters. The Kier molecular flexibility index (Phi) is 7.54. The highest BCUT2D eigenvalue weighted by atomic mass is 15.0. The normalized spacial score (nSPS) is 11.9. The highest BCUT2D eigenvalue weighted by Gasteiger charge is 2.22. The molecule has 5 nitrogen and oxygen atoms in total. The van der Waals surface area contributed by atoms with Crippen molar-refractivity contribution in [3.8, 4) is 45.5 Å². The second-order valence-corrected chi connectivity index (χ2v) is 16.0. The molecule has 13 aromatic rings. The second-order valence-electron chi connectivity index (χ2n) is 16.0. The third-order valence-corrected chi connectivity index (χ3v) is 12.5. The molecule has 0 aliphatic heterocycles. The van der Waals surface area contributed by atoms with Crippen molar-refractivity contribution >= 4 is 75.9 Å². The zero-order valence-electron chi connectivity index (χ0n) is 33.4. The lowest BCUT2D eigenvalue weighted by Gasteiger charge is -2.15. The number of benzene rings is 10. The van der Waals surface area contributed by atoms with Gasteiger partial charge in [-0.05, 0) is 75.5 Å². The molecule has 5 heteroatoms. The lowest BCUT2D eigenvalue weighted by molar-refractivity contribution is 1.07. The monoisotopic (exact) mass is 789 g/mol. The van der Waals surface area contributed by atoms with Crippen LogP contribution in [0.3, 0.4) is 0 Å². The zero-order chi connectivity index (χ0) is 40.7. The molecule has 0 fully saturated rings. The van der Waals surface area contributed by atoms with Crippen molar-refractivity contribution in [1.29, 1.82) is 0 Å². The van der Waals surface area contributed by atoms with E-state index in [0.717, 1.165) is 66.2 Å². The Bertz CT molecular complexity index is 3910. The van der Waals surface area contributed by atoms with Crippen molar-refractivity contribution in [2.45, 2.75) is 0 Å². The maximum Gasteiger partial charge on any atom is 0.164 e. The van der Waals surface area contributed by atoms with E-state index in [1.165, 1.54) is 37.8 Å². The van der Waals surface area contributed by atoms with Gasteiger partial charge in [0.25, 0.3) is 0 Å². The van der Waals surface area contributed by atoms with E-state index in [1.54, 1.807) is 0 Å². The summed E-state index contributed by atoms with van der Waals surface area (Å²) in [5.41, 5.74) is 9.61. The van der Waals surface area contributed by atoms with Gasteiger partial charge in [0.1, 0.15) is 0 Å². The molecule has 0 bridgehead atoms. The molecule has 0 aliphatic carbocycles. The third-order valence-electron chi connectivity index (χ3n) is 12.5. The summed E-state index contributed by atoms with van der Waals surface area (Å²) >= 11 is 0. The van der Waals surface area contributed by atoms with Crippen LogP contribution in [0.15, 0.2) is 212 Å². The summed E-state index contributed by atoms with van der Waals surface area (Å²) in [6.45, 7) is 0. The van der Waals surface area contributed by atoms with Crippen LogP contribution in [0.1, 0.15) is 0 Å². The van der Waals surface area contributed by atoms with Crippen LogP contribution in [-0.4, -0.2) is 24.1 Å². The van der Waals surface area contributed by atoms with E-state index in [1.807, 2.05) is 18.2 Å². The number of nitrogens with zero attached hydrogens (tertiary/aromatic N) is 5. The van der Waals surface area contributed by atoms with Gasteiger partial charge < -0.3 is 9.13 Å². The molecule has 10 aromatic carbocycles. The lowest BCUT2D eigenvalue weighted by atomic mass is 10.0. The molecule has 3 aromatic heterocycles. The number of para-hydroxylation sites is 2. The van der Waals surface area contributed by atoms with Crippen molar-refractivity contribution < 1.29 is 0 Å². The van der Waals surface area contributed by atoms with Crippen LogP contribution in [0, 0.1) is 0 Å². The van der Waals surface area contributed by atoms with Crippen molar-refractivity contribution in [2.75, 3.05) is 0 Å². The molecule has 13 rings (SSSR count). The fourth-order valence-electron chi connectivity index (χ4n) is 9.73. The summed E-state index contributed by atoms with van der Waals surface area (Å²) in [4.78, 5) is 15.7. The van der Waals surface area contributed by atoms with Gasteiger partial charge in [0.15, 0.2) is 17.5 Å². The van der Waals surface area contributed by atoms with Crippen LogP contribution < -0.4 is 0 Å². The minimum atomic E-state index is 0.619. The Morgan fingerprint density at radius 2 is 0.887 bits per heavy atom. The molecule has 0 radical (unpaired) electrons. The summed E-state index contributed by atoms with van der Waals surface area (Å²) in [6.07, 6.45) is 0. The Morgan fingerprint density at radius 3 is 1.69 bits per heavy atom. The van der Waals surface area contributed by atoms with E-state index in [9.17, 15) is 0 Å². The third kappa shape index (κ3) is 5.25. The van der Waals surface area contributed by atoms with Crippen LogP contribution in [-0.2, 0) is 0 Å². The van der Waals surface area contributed by atoms with Gasteiger partial charge in [-0.3, -0.25) is 0 Å². The molecular weight excluding hydrogens is 755 g/mol. The van der Waals surface area contributed by atoms with Gasteiger partial charge in [-0.2, -0.15) is 0 Å². The lowest BCUT2D eigenvalue weighted by Crippen LogP contribution is -2.02. The molecule has 0 N–H and O–H groups in total. The van der Waals surface area contributed by atoms with Crippen LogP contribution in [0.5, 0.6) is 0 Å². The fourth-order valence-corrected chi connectivity index (χ4v) is 9.73. The van der Waals surface area contributed by atoms with Gasteiger partial charge in [-0.15, -0.1) is 0 Å². The molecular formula is C57H35N5. The number of fused-ring (bicyclic) bond motifs is 10. The number of hydrogen-bond acceptors (Lipinski definition) is 3. The molecule has 62 heavy (non-hydrogen) atoms. The molecule has 0 amide bonds. The number of hydrogen-bond donors (Lipinski definition) is 0. The highest BCUT2D eigenvalue weighted by Crippen LogP contribution is 2.43. The predicted molar refractivity (Wildman–Crippen MR) is 257 cm³/mol. The Balaban J connectivity index is 1.12. The summed E-state index contributed by atoms with van der Waals surface area (Å²) in [6, 6.07) is 75.8. The first kappa shape index (κ1) is 34.5. The molecule has 0 aliphatic rings. The average Bonchev–Trinajstić information content (AvgIpc) is 3.85. The van der Waals surface area contributed by atoms with E-state index >= 15 is 0 Å². The van der Waals surface area contributed by atoms with E-state index in [0.29, 0.717) is 17.5 Å². The maximum absolute atomic E-state index is 5.30. The number of aromatic nitrogens is 5. The van der Waals surface area contributed by atoms with Crippen molar-refractivity contribution in [3.05, 3.63) is 212 Å². The molecule has 0 saturated heterocycles. The van der Waals surface area contributed by atoms with Crippen molar-refractivity contribution in [2.24, 2.45) is 0 Å². The average molecular weight is 790 g/mol. The second kappa shape index (κ2) is 13.6. The quantitative estimate of drug-likeness (QED) is 0.174. The fraction of sp³-hybridized carbons (Fsp3) is 0.